The third-order valence-corrected chi connectivity index (χ3v) is 4.43. The number of ether oxygens (including phenoxy) is 2. The molecule has 6 heteroatoms. The smallest absolute Gasteiger partial charge is 0.258 e. The molecule has 1 N–H and O–H groups in total. The summed E-state index contributed by atoms with van der Waals surface area (Å²) in [5.74, 6) is -0.139. The van der Waals surface area contributed by atoms with E-state index in [9.17, 15) is 9.18 Å². The lowest BCUT2D eigenvalue weighted by atomic mass is 10.0. The molecule has 0 saturated carbocycles. The summed E-state index contributed by atoms with van der Waals surface area (Å²) in [5, 5.41) is 4.86. The number of fused-ring (bicyclic) bond motifs is 1. The van der Waals surface area contributed by atoms with Crippen LogP contribution in [0.4, 0.5) is 4.39 Å². The first-order chi connectivity index (χ1) is 12.6. The van der Waals surface area contributed by atoms with Gasteiger partial charge in [-0.05, 0) is 35.0 Å². The summed E-state index contributed by atoms with van der Waals surface area (Å²) in [7, 11) is 1.59. The van der Waals surface area contributed by atoms with Gasteiger partial charge >= 0.3 is 0 Å². The van der Waals surface area contributed by atoms with Crippen LogP contribution in [0.1, 0.15) is 5.56 Å². The van der Waals surface area contributed by atoms with Crippen LogP contribution in [0.25, 0.3) is 10.8 Å². The van der Waals surface area contributed by atoms with E-state index in [4.69, 9.17) is 9.47 Å². The molecule has 0 fully saturated rings. The van der Waals surface area contributed by atoms with Gasteiger partial charge in [0.2, 0.25) is 0 Å². The van der Waals surface area contributed by atoms with Crippen LogP contribution >= 0.6 is 15.9 Å². The standard InChI is InChI=1S/C20H17BrFNO3/c1-25-18-8-6-13-4-2-3-5-15(13)16(18)11-23-20(24)12-26-19-9-7-14(21)10-17(19)22/h2-10H,11-12H2,1H3,(H,23,24). The zero-order valence-electron chi connectivity index (χ0n) is 14.1. The Labute approximate surface area is 159 Å². The highest BCUT2D eigenvalue weighted by Crippen LogP contribution is 2.27. The summed E-state index contributed by atoms with van der Waals surface area (Å²) in [6, 6.07) is 16.1. The van der Waals surface area contributed by atoms with Crippen molar-refractivity contribution in [3.05, 3.63) is 70.5 Å². The fourth-order valence-corrected chi connectivity index (χ4v) is 3.00. The summed E-state index contributed by atoms with van der Waals surface area (Å²) < 4.78 is 25.0. The van der Waals surface area contributed by atoms with Gasteiger partial charge in [-0.25, -0.2) is 4.39 Å². The molecule has 0 aliphatic rings. The molecule has 0 aliphatic carbocycles. The predicted octanol–water partition coefficient (Wildman–Crippen LogP) is 4.45. The molecule has 0 radical (unpaired) electrons. The van der Waals surface area contributed by atoms with Crippen molar-refractivity contribution in [2.75, 3.05) is 13.7 Å². The molecule has 0 saturated heterocycles. The Kier molecular flexibility index (Phi) is 5.73. The average molecular weight is 418 g/mol. The van der Waals surface area contributed by atoms with Gasteiger partial charge in [-0.3, -0.25) is 4.79 Å². The fraction of sp³-hybridized carbons (Fsp3) is 0.150. The molecule has 0 unspecified atom stereocenters. The minimum atomic E-state index is -0.525. The average Bonchev–Trinajstić information content (AvgIpc) is 2.65. The van der Waals surface area contributed by atoms with Crippen LogP contribution in [-0.4, -0.2) is 19.6 Å². The Hall–Kier alpha value is -2.60. The maximum absolute atomic E-state index is 13.7. The molecule has 0 spiro atoms. The van der Waals surface area contributed by atoms with Crippen molar-refractivity contribution >= 4 is 32.6 Å². The van der Waals surface area contributed by atoms with Crippen LogP contribution < -0.4 is 14.8 Å². The number of rotatable bonds is 6. The Balaban J connectivity index is 1.67. The summed E-state index contributed by atoms with van der Waals surface area (Å²) in [6.07, 6.45) is 0. The molecule has 0 atom stereocenters. The lowest BCUT2D eigenvalue weighted by Crippen LogP contribution is -2.28. The molecule has 3 aromatic carbocycles. The van der Waals surface area contributed by atoms with Gasteiger partial charge in [0.1, 0.15) is 5.75 Å². The van der Waals surface area contributed by atoms with Crippen molar-refractivity contribution in [3.8, 4) is 11.5 Å². The first-order valence-corrected chi connectivity index (χ1v) is 8.77. The number of hydrogen-bond donors (Lipinski definition) is 1. The van der Waals surface area contributed by atoms with Crippen LogP contribution in [0, 0.1) is 5.82 Å². The fourth-order valence-electron chi connectivity index (χ4n) is 2.66. The SMILES string of the molecule is COc1ccc2ccccc2c1CNC(=O)COc1ccc(Br)cc1F. The lowest BCUT2D eigenvalue weighted by Gasteiger charge is -2.13. The molecule has 0 aromatic heterocycles. The second-order valence-corrected chi connectivity index (χ2v) is 6.52. The highest BCUT2D eigenvalue weighted by Gasteiger charge is 2.11. The van der Waals surface area contributed by atoms with E-state index in [1.807, 2.05) is 36.4 Å². The number of halogens is 2. The van der Waals surface area contributed by atoms with Crippen LogP contribution in [0.15, 0.2) is 59.1 Å². The normalized spacial score (nSPS) is 10.6. The molecule has 4 nitrogen and oxygen atoms in total. The van der Waals surface area contributed by atoms with Crippen molar-refractivity contribution in [2.45, 2.75) is 6.54 Å². The number of nitrogens with one attached hydrogen (secondary N) is 1. The van der Waals surface area contributed by atoms with E-state index in [0.717, 1.165) is 16.3 Å². The largest absolute Gasteiger partial charge is 0.496 e. The second-order valence-electron chi connectivity index (χ2n) is 5.61. The Bertz CT molecular complexity index is 945. The number of amides is 1. The molecule has 26 heavy (non-hydrogen) atoms. The van der Waals surface area contributed by atoms with E-state index < -0.39 is 5.82 Å². The second kappa shape index (κ2) is 8.19. The summed E-state index contributed by atoms with van der Waals surface area (Å²) >= 11 is 3.17. The molecule has 3 rings (SSSR count). The minimum absolute atomic E-state index is 0.0334. The van der Waals surface area contributed by atoms with Gasteiger partial charge in [0, 0.05) is 16.6 Å². The van der Waals surface area contributed by atoms with E-state index in [1.54, 1.807) is 13.2 Å². The first kappa shape index (κ1) is 18.2. The third-order valence-electron chi connectivity index (χ3n) is 3.93. The highest BCUT2D eigenvalue weighted by molar-refractivity contribution is 9.10. The predicted molar refractivity (Wildman–Crippen MR) is 102 cm³/mol. The minimum Gasteiger partial charge on any atom is -0.496 e. The molecule has 0 bridgehead atoms. The van der Waals surface area contributed by atoms with Gasteiger partial charge in [0.25, 0.3) is 5.91 Å². The van der Waals surface area contributed by atoms with Crippen molar-refractivity contribution in [1.29, 1.82) is 0 Å². The first-order valence-electron chi connectivity index (χ1n) is 7.97. The number of hydrogen-bond acceptors (Lipinski definition) is 3. The lowest BCUT2D eigenvalue weighted by molar-refractivity contribution is -0.123. The highest BCUT2D eigenvalue weighted by atomic mass is 79.9. The van der Waals surface area contributed by atoms with Gasteiger partial charge in [0.05, 0.1) is 7.11 Å². The van der Waals surface area contributed by atoms with Crippen molar-refractivity contribution in [2.24, 2.45) is 0 Å². The molecule has 0 heterocycles. The summed E-state index contributed by atoms with van der Waals surface area (Å²) in [5.41, 5.74) is 0.883. The molecule has 134 valence electrons. The van der Waals surface area contributed by atoms with Crippen molar-refractivity contribution in [1.82, 2.24) is 5.32 Å². The monoisotopic (exact) mass is 417 g/mol. The van der Waals surface area contributed by atoms with E-state index in [0.29, 0.717) is 10.2 Å². The maximum Gasteiger partial charge on any atom is 0.258 e. The van der Waals surface area contributed by atoms with Crippen LogP contribution in [0.2, 0.25) is 0 Å². The Morgan fingerprint density at radius 3 is 2.65 bits per heavy atom. The Morgan fingerprint density at radius 2 is 1.88 bits per heavy atom. The zero-order valence-corrected chi connectivity index (χ0v) is 15.7. The third kappa shape index (κ3) is 4.14. The summed E-state index contributed by atoms with van der Waals surface area (Å²) in [4.78, 5) is 12.1. The van der Waals surface area contributed by atoms with Crippen molar-refractivity contribution in [3.63, 3.8) is 0 Å². The Morgan fingerprint density at radius 1 is 1.12 bits per heavy atom. The number of methoxy groups -OCH3 is 1. The molecular formula is C20H17BrFNO3. The zero-order chi connectivity index (χ0) is 18.5. The van der Waals surface area contributed by atoms with Gasteiger partial charge < -0.3 is 14.8 Å². The van der Waals surface area contributed by atoms with Crippen LogP contribution in [0.3, 0.4) is 0 Å². The molecular weight excluding hydrogens is 401 g/mol. The van der Waals surface area contributed by atoms with Gasteiger partial charge in [0.15, 0.2) is 18.2 Å². The van der Waals surface area contributed by atoms with Crippen LogP contribution in [-0.2, 0) is 11.3 Å². The van der Waals surface area contributed by atoms with Crippen LogP contribution in [0.5, 0.6) is 11.5 Å². The van der Waals surface area contributed by atoms with E-state index >= 15 is 0 Å². The topological polar surface area (TPSA) is 47.6 Å². The quantitative estimate of drug-likeness (QED) is 0.644. The van der Waals surface area contributed by atoms with E-state index in [2.05, 4.69) is 21.2 Å². The summed E-state index contributed by atoms with van der Waals surface area (Å²) in [6.45, 7) is 0.0151. The number of carbonyl (C=O) groups is 1. The maximum atomic E-state index is 13.7. The molecule has 3 aromatic rings. The van der Waals surface area contributed by atoms with Gasteiger partial charge in [-0.1, -0.05) is 46.3 Å². The molecule has 0 aliphatic heterocycles. The number of benzene rings is 3. The van der Waals surface area contributed by atoms with Gasteiger partial charge in [-0.15, -0.1) is 0 Å². The number of carbonyl (C=O) groups excluding carboxylic acids is 1. The van der Waals surface area contributed by atoms with Crippen molar-refractivity contribution < 1.29 is 18.7 Å². The van der Waals surface area contributed by atoms with E-state index in [1.165, 1.54) is 12.1 Å². The molecule has 1 amide bonds. The van der Waals surface area contributed by atoms with Gasteiger partial charge in [-0.2, -0.15) is 0 Å². The van der Waals surface area contributed by atoms with E-state index in [-0.39, 0.29) is 24.8 Å².